The van der Waals surface area contributed by atoms with Crippen LogP contribution >= 0.6 is 27.5 Å². The summed E-state index contributed by atoms with van der Waals surface area (Å²) in [6.45, 7) is 3.20. The van der Waals surface area contributed by atoms with Gasteiger partial charge in [0.2, 0.25) is 11.8 Å². The van der Waals surface area contributed by atoms with Crippen molar-refractivity contribution >= 4 is 55.1 Å². The van der Waals surface area contributed by atoms with Crippen LogP contribution in [0.5, 0.6) is 0 Å². The van der Waals surface area contributed by atoms with Gasteiger partial charge in [-0.05, 0) is 80.8 Å². The van der Waals surface area contributed by atoms with Gasteiger partial charge in [-0.3, -0.25) is 13.9 Å². The van der Waals surface area contributed by atoms with Gasteiger partial charge in [-0.2, -0.15) is 0 Å². The van der Waals surface area contributed by atoms with E-state index < -0.39 is 28.5 Å². The summed E-state index contributed by atoms with van der Waals surface area (Å²) in [7, 11) is -4.11. The quantitative estimate of drug-likeness (QED) is 0.270. The second kappa shape index (κ2) is 13.9. The fourth-order valence-electron chi connectivity index (χ4n) is 4.91. The van der Waals surface area contributed by atoms with Gasteiger partial charge >= 0.3 is 0 Å². The van der Waals surface area contributed by atoms with Crippen LogP contribution in [0.2, 0.25) is 5.02 Å². The van der Waals surface area contributed by atoms with Crippen molar-refractivity contribution in [3.8, 4) is 0 Å². The zero-order chi connectivity index (χ0) is 29.6. The Bertz CT molecular complexity index is 1440. The molecule has 0 saturated heterocycles. The number of halogens is 2. The third-order valence-electron chi connectivity index (χ3n) is 7.39. The maximum absolute atomic E-state index is 14.0. The first-order valence-corrected chi connectivity index (χ1v) is 16.3. The molecule has 41 heavy (non-hydrogen) atoms. The van der Waals surface area contributed by atoms with Gasteiger partial charge in [0.05, 0.1) is 10.6 Å². The van der Waals surface area contributed by atoms with Gasteiger partial charge in [0, 0.05) is 22.1 Å². The number of carbonyl (C=O) groups excluding carboxylic acids is 2. The van der Waals surface area contributed by atoms with Crippen LogP contribution in [0.15, 0.2) is 82.2 Å². The van der Waals surface area contributed by atoms with Gasteiger partial charge in [-0.15, -0.1) is 0 Å². The lowest BCUT2D eigenvalue weighted by Gasteiger charge is -2.33. The zero-order valence-corrected chi connectivity index (χ0v) is 26.4. The SMILES string of the molecule is Cc1ccc(S(=O)(=O)N(CC(=O)N(Cc2ccc(Cl)cc2)[C@H](C)C(=O)NC2CCCCC2)c2ccc(Br)cc2)cc1. The summed E-state index contributed by atoms with van der Waals surface area (Å²) in [5.41, 5.74) is 2.03. The second-order valence-electron chi connectivity index (χ2n) is 10.5. The van der Waals surface area contributed by atoms with Gasteiger partial charge in [0.25, 0.3) is 10.0 Å². The molecule has 10 heteroatoms. The number of carbonyl (C=O) groups is 2. The molecule has 1 saturated carbocycles. The van der Waals surface area contributed by atoms with E-state index in [0.717, 1.165) is 52.0 Å². The molecule has 0 unspecified atom stereocenters. The Morgan fingerprint density at radius 3 is 2.17 bits per heavy atom. The Hall–Kier alpha value is -2.88. The number of nitrogens with zero attached hydrogens (tertiary/aromatic N) is 2. The first-order chi connectivity index (χ1) is 19.5. The third-order valence-corrected chi connectivity index (χ3v) is 9.96. The molecule has 218 valence electrons. The molecule has 0 spiro atoms. The fourth-order valence-corrected chi connectivity index (χ4v) is 6.72. The molecule has 1 N–H and O–H groups in total. The summed E-state index contributed by atoms with van der Waals surface area (Å²) in [5, 5.41) is 3.67. The van der Waals surface area contributed by atoms with Crippen LogP contribution < -0.4 is 9.62 Å². The van der Waals surface area contributed by atoms with Crippen molar-refractivity contribution in [2.75, 3.05) is 10.8 Å². The normalized spacial score (nSPS) is 14.7. The molecule has 0 heterocycles. The molecule has 0 aromatic heterocycles. The largest absolute Gasteiger partial charge is 0.352 e. The van der Waals surface area contributed by atoms with E-state index in [1.54, 1.807) is 67.6 Å². The molecule has 0 bridgehead atoms. The summed E-state index contributed by atoms with van der Waals surface area (Å²) in [6.07, 6.45) is 5.10. The predicted octanol–water partition coefficient (Wildman–Crippen LogP) is 6.47. The number of hydrogen-bond donors (Lipinski definition) is 1. The predicted molar refractivity (Wildman–Crippen MR) is 166 cm³/mol. The van der Waals surface area contributed by atoms with E-state index in [1.165, 1.54) is 17.0 Å². The van der Waals surface area contributed by atoms with E-state index in [2.05, 4.69) is 21.2 Å². The number of hydrogen-bond acceptors (Lipinski definition) is 4. The van der Waals surface area contributed by atoms with Crippen molar-refractivity contribution in [1.29, 1.82) is 0 Å². The molecule has 3 aromatic carbocycles. The highest BCUT2D eigenvalue weighted by atomic mass is 79.9. The van der Waals surface area contributed by atoms with Crippen LogP contribution in [0.3, 0.4) is 0 Å². The van der Waals surface area contributed by atoms with E-state index in [9.17, 15) is 18.0 Å². The number of amides is 2. The van der Waals surface area contributed by atoms with Crippen LogP contribution in [-0.2, 0) is 26.2 Å². The highest BCUT2D eigenvalue weighted by Gasteiger charge is 2.33. The summed E-state index contributed by atoms with van der Waals surface area (Å²) < 4.78 is 29.7. The average Bonchev–Trinajstić information content (AvgIpc) is 2.96. The van der Waals surface area contributed by atoms with Crippen molar-refractivity contribution in [3.05, 3.63) is 93.4 Å². The van der Waals surface area contributed by atoms with E-state index in [1.807, 2.05) is 6.92 Å². The van der Waals surface area contributed by atoms with E-state index in [0.29, 0.717) is 10.7 Å². The van der Waals surface area contributed by atoms with Gasteiger partial charge < -0.3 is 10.2 Å². The van der Waals surface area contributed by atoms with Gasteiger partial charge in [0.15, 0.2) is 0 Å². The van der Waals surface area contributed by atoms with Crippen LogP contribution in [0.25, 0.3) is 0 Å². The van der Waals surface area contributed by atoms with Crippen molar-refractivity contribution in [1.82, 2.24) is 10.2 Å². The molecule has 0 aliphatic heterocycles. The summed E-state index contributed by atoms with van der Waals surface area (Å²) in [4.78, 5) is 28.9. The molecular weight excluding hydrogens is 626 g/mol. The lowest BCUT2D eigenvalue weighted by molar-refractivity contribution is -0.139. The lowest BCUT2D eigenvalue weighted by Crippen LogP contribution is -2.53. The number of rotatable bonds is 10. The molecule has 1 fully saturated rings. The molecule has 7 nitrogen and oxygen atoms in total. The molecule has 4 rings (SSSR count). The maximum Gasteiger partial charge on any atom is 0.264 e. The summed E-state index contributed by atoms with van der Waals surface area (Å²) in [5.74, 6) is -0.749. The maximum atomic E-state index is 14.0. The molecule has 1 aliphatic rings. The minimum Gasteiger partial charge on any atom is -0.352 e. The van der Waals surface area contributed by atoms with Crippen LogP contribution in [0.4, 0.5) is 5.69 Å². The van der Waals surface area contributed by atoms with E-state index in [4.69, 9.17) is 11.6 Å². The standard InChI is InChI=1S/C31H35BrClN3O4S/c1-22-8-18-29(19-9-22)41(39,40)36(28-16-12-25(32)13-17-28)21-30(37)35(20-24-10-14-26(33)15-11-24)23(2)31(38)34-27-6-4-3-5-7-27/h8-19,23,27H,3-7,20-21H2,1-2H3,(H,34,38)/t23-/m1/s1. The Labute approximate surface area is 256 Å². The zero-order valence-electron chi connectivity index (χ0n) is 23.2. The third kappa shape index (κ3) is 8.11. The highest BCUT2D eigenvalue weighted by Crippen LogP contribution is 2.27. The molecule has 1 aliphatic carbocycles. The Balaban J connectivity index is 1.66. The topological polar surface area (TPSA) is 86.8 Å². The van der Waals surface area contributed by atoms with Gasteiger partial charge in [-0.1, -0.05) is 76.6 Å². The van der Waals surface area contributed by atoms with Crippen molar-refractivity contribution in [2.45, 2.75) is 69.5 Å². The summed E-state index contributed by atoms with van der Waals surface area (Å²) in [6, 6.07) is 19.5. The molecule has 3 aromatic rings. The smallest absolute Gasteiger partial charge is 0.264 e. The van der Waals surface area contributed by atoms with Crippen LogP contribution in [0, 0.1) is 6.92 Å². The fraction of sp³-hybridized carbons (Fsp3) is 0.355. The molecular formula is C31H35BrClN3O4S. The van der Waals surface area contributed by atoms with Crippen LogP contribution in [0.1, 0.15) is 50.2 Å². The van der Waals surface area contributed by atoms with Crippen LogP contribution in [-0.4, -0.2) is 43.8 Å². The minimum atomic E-state index is -4.11. The molecule has 0 radical (unpaired) electrons. The Morgan fingerprint density at radius 1 is 0.951 bits per heavy atom. The molecule has 2 amide bonds. The van der Waals surface area contributed by atoms with Crippen molar-refractivity contribution < 1.29 is 18.0 Å². The number of sulfonamides is 1. The number of aryl methyl sites for hydroxylation is 1. The lowest BCUT2D eigenvalue weighted by atomic mass is 9.95. The highest BCUT2D eigenvalue weighted by molar-refractivity contribution is 9.10. The van der Waals surface area contributed by atoms with Crippen molar-refractivity contribution in [2.24, 2.45) is 0 Å². The van der Waals surface area contributed by atoms with E-state index >= 15 is 0 Å². The Morgan fingerprint density at radius 2 is 1.56 bits per heavy atom. The number of nitrogens with one attached hydrogen (secondary N) is 1. The first-order valence-electron chi connectivity index (χ1n) is 13.7. The second-order valence-corrected chi connectivity index (χ2v) is 13.7. The van der Waals surface area contributed by atoms with Gasteiger partial charge in [-0.25, -0.2) is 8.42 Å². The number of anilines is 1. The Kier molecular flexibility index (Phi) is 10.5. The average molecular weight is 661 g/mol. The summed E-state index contributed by atoms with van der Waals surface area (Å²) >= 11 is 9.47. The monoisotopic (exact) mass is 659 g/mol. The molecule has 1 atom stereocenters. The number of benzene rings is 3. The van der Waals surface area contributed by atoms with Gasteiger partial charge in [0.1, 0.15) is 12.6 Å². The van der Waals surface area contributed by atoms with Crippen molar-refractivity contribution in [3.63, 3.8) is 0 Å². The van der Waals surface area contributed by atoms with E-state index in [-0.39, 0.29) is 23.4 Å². The minimum absolute atomic E-state index is 0.0751. The first kappa shape index (κ1) is 31.1.